The molecule has 0 bridgehead atoms. The fourth-order valence-corrected chi connectivity index (χ4v) is 7.05. The molecule has 172 valence electrons. The molecule has 5 aromatic rings. The number of aryl methyl sites for hydroxylation is 1. The first kappa shape index (κ1) is 20.7. The van der Waals surface area contributed by atoms with Crippen LogP contribution in [-0.4, -0.2) is 18.0 Å². The maximum Gasteiger partial charge on any atom is 0.265 e. The third-order valence-corrected chi connectivity index (χ3v) is 8.81. The summed E-state index contributed by atoms with van der Waals surface area (Å²) >= 11 is 3.20. The number of nitrogens with zero attached hydrogens (tertiary/aromatic N) is 1. The molecule has 1 amide bonds. The van der Waals surface area contributed by atoms with Crippen molar-refractivity contribution < 1.29 is 9.53 Å². The van der Waals surface area contributed by atoms with Gasteiger partial charge in [0.05, 0.1) is 18.5 Å². The van der Waals surface area contributed by atoms with E-state index in [0.717, 1.165) is 45.8 Å². The van der Waals surface area contributed by atoms with Crippen LogP contribution in [0.1, 0.15) is 32.5 Å². The zero-order valence-corrected chi connectivity index (χ0v) is 20.6. The minimum Gasteiger partial charge on any atom is -0.497 e. The van der Waals surface area contributed by atoms with Crippen LogP contribution < -0.4 is 15.4 Å². The number of carbonyl (C=O) groups is 1. The van der Waals surface area contributed by atoms with Gasteiger partial charge in [-0.05, 0) is 53.1 Å². The highest BCUT2D eigenvalue weighted by atomic mass is 32.1. The van der Waals surface area contributed by atoms with Crippen molar-refractivity contribution in [3.05, 3.63) is 87.6 Å². The molecular weight excluding hydrogens is 474 g/mol. The maximum atomic E-state index is 13.3. The second-order valence-corrected chi connectivity index (χ2v) is 10.7. The topological polar surface area (TPSA) is 63.2 Å². The molecule has 0 saturated carbocycles. The van der Waals surface area contributed by atoms with E-state index in [1.165, 1.54) is 38.5 Å². The number of fused-ring (bicyclic) bond motifs is 6. The van der Waals surface area contributed by atoms with E-state index in [-0.39, 0.29) is 12.1 Å². The van der Waals surface area contributed by atoms with Crippen molar-refractivity contribution in [1.29, 1.82) is 0 Å². The first-order valence-corrected chi connectivity index (χ1v) is 13.2. The molecule has 0 fully saturated rings. The summed E-state index contributed by atoms with van der Waals surface area (Å²) in [5, 5.41) is 9.93. The van der Waals surface area contributed by atoms with E-state index in [1.54, 1.807) is 18.4 Å². The molecule has 1 aliphatic heterocycles. The lowest BCUT2D eigenvalue weighted by Crippen LogP contribution is -2.37. The minimum atomic E-state index is -0.327. The smallest absolute Gasteiger partial charge is 0.265 e. The fourth-order valence-electron chi connectivity index (χ4n) is 5.19. The molecule has 35 heavy (non-hydrogen) atoms. The van der Waals surface area contributed by atoms with Crippen molar-refractivity contribution in [3.63, 3.8) is 0 Å². The van der Waals surface area contributed by atoms with Gasteiger partial charge in [0.25, 0.3) is 5.91 Å². The van der Waals surface area contributed by atoms with E-state index in [2.05, 4.69) is 52.4 Å². The Morgan fingerprint density at radius 2 is 1.86 bits per heavy atom. The normalized spacial score (nSPS) is 16.1. The Morgan fingerprint density at radius 3 is 2.66 bits per heavy atom. The SMILES string of the molecule is COc1ccc(C2NC(=O)c3sc4nc5c(c(-c6cccs6)c4c3N2)CCc2ccccc2-5)cc1. The van der Waals surface area contributed by atoms with E-state index < -0.39 is 0 Å². The number of aromatic nitrogens is 1. The van der Waals surface area contributed by atoms with Crippen LogP contribution in [0.15, 0.2) is 66.0 Å². The molecule has 0 saturated heterocycles. The summed E-state index contributed by atoms with van der Waals surface area (Å²) in [6.07, 6.45) is 1.59. The van der Waals surface area contributed by atoms with Crippen molar-refractivity contribution in [2.75, 3.05) is 12.4 Å². The largest absolute Gasteiger partial charge is 0.497 e. The van der Waals surface area contributed by atoms with Crippen LogP contribution in [0.4, 0.5) is 5.69 Å². The van der Waals surface area contributed by atoms with Gasteiger partial charge in [-0.2, -0.15) is 0 Å². The Hall–Kier alpha value is -3.68. The number of rotatable bonds is 3. The van der Waals surface area contributed by atoms with Gasteiger partial charge < -0.3 is 15.4 Å². The summed E-state index contributed by atoms with van der Waals surface area (Å²) in [5.74, 6) is 0.715. The second kappa shape index (κ2) is 7.93. The van der Waals surface area contributed by atoms with Crippen LogP contribution in [0.5, 0.6) is 5.75 Å². The Balaban J connectivity index is 1.46. The Morgan fingerprint density at radius 1 is 1.00 bits per heavy atom. The summed E-state index contributed by atoms with van der Waals surface area (Å²) in [6.45, 7) is 0. The number of carbonyl (C=O) groups excluding carboxylic acids is 1. The number of pyridine rings is 1. The fraction of sp³-hybridized carbons (Fsp3) is 0.143. The quantitative estimate of drug-likeness (QED) is 0.294. The first-order valence-electron chi connectivity index (χ1n) is 11.5. The van der Waals surface area contributed by atoms with Crippen molar-refractivity contribution in [2.24, 2.45) is 0 Å². The third-order valence-electron chi connectivity index (χ3n) is 6.84. The molecule has 2 N–H and O–H groups in total. The maximum absolute atomic E-state index is 13.3. The second-order valence-electron chi connectivity index (χ2n) is 8.76. The number of ether oxygens (including phenoxy) is 1. The highest BCUT2D eigenvalue weighted by molar-refractivity contribution is 7.21. The standard InChI is InChI=1S/C28H21N3O2S2/c1-33-17-11-8-16(9-12-17)26-29-24-22-21(20-7-4-14-34-20)19-13-10-15-5-2-3-6-18(15)23(19)30-28(22)35-25(24)27(32)31-26/h2-9,11-12,14,26,29H,10,13H2,1H3,(H,31,32). The number of hydrogen-bond donors (Lipinski definition) is 2. The summed E-state index contributed by atoms with van der Waals surface area (Å²) in [5.41, 5.74) is 7.92. The number of anilines is 1. The number of amides is 1. The number of methoxy groups -OCH3 is 1. The molecule has 0 spiro atoms. The van der Waals surface area contributed by atoms with Gasteiger partial charge in [-0.1, -0.05) is 42.5 Å². The van der Waals surface area contributed by atoms with Crippen LogP contribution in [0, 0.1) is 0 Å². The molecule has 2 aliphatic rings. The lowest BCUT2D eigenvalue weighted by atomic mass is 9.85. The van der Waals surface area contributed by atoms with E-state index >= 15 is 0 Å². The van der Waals surface area contributed by atoms with Gasteiger partial charge in [-0.15, -0.1) is 22.7 Å². The van der Waals surface area contributed by atoms with Crippen LogP contribution in [0.2, 0.25) is 0 Å². The number of hydrogen-bond acceptors (Lipinski definition) is 6. The zero-order chi connectivity index (χ0) is 23.5. The van der Waals surface area contributed by atoms with Gasteiger partial charge in [0.15, 0.2) is 0 Å². The number of nitrogens with one attached hydrogen (secondary N) is 2. The van der Waals surface area contributed by atoms with Gasteiger partial charge >= 0.3 is 0 Å². The lowest BCUT2D eigenvalue weighted by molar-refractivity contribution is 0.0940. The van der Waals surface area contributed by atoms with Gasteiger partial charge in [-0.25, -0.2) is 4.98 Å². The molecule has 7 heteroatoms. The highest BCUT2D eigenvalue weighted by Gasteiger charge is 2.33. The molecule has 1 unspecified atom stereocenters. The highest BCUT2D eigenvalue weighted by Crippen LogP contribution is 2.49. The average molecular weight is 496 g/mol. The van der Waals surface area contributed by atoms with E-state index in [0.29, 0.717) is 4.88 Å². The predicted octanol–water partition coefficient (Wildman–Crippen LogP) is 6.65. The molecule has 4 heterocycles. The minimum absolute atomic E-state index is 0.0712. The summed E-state index contributed by atoms with van der Waals surface area (Å²) in [7, 11) is 1.65. The Kier molecular flexibility index (Phi) is 4.69. The molecule has 1 aliphatic carbocycles. The molecule has 5 nitrogen and oxygen atoms in total. The average Bonchev–Trinajstić information content (AvgIpc) is 3.56. The lowest BCUT2D eigenvalue weighted by Gasteiger charge is -2.27. The van der Waals surface area contributed by atoms with Crippen LogP contribution >= 0.6 is 22.7 Å². The monoisotopic (exact) mass is 495 g/mol. The van der Waals surface area contributed by atoms with Crippen LogP contribution in [0.3, 0.4) is 0 Å². The van der Waals surface area contributed by atoms with E-state index in [9.17, 15) is 4.79 Å². The molecule has 0 radical (unpaired) electrons. The van der Waals surface area contributed by atoms with Gasteiger partial charge in [0.1, 0.15) is 21.6 Å². The number of benzene rings is 2. The van der Waals surface area contributed by atoms with Crippen molar-refractivity contribution in [2.45, 2.75) is 19.0 Å². The van der Waals surface area contributed by atoms with E-state index in [4.69, 9.17) is 9.72 Å². The summed E-state index contributed by atoms with van der Waals surface area (Å²) in [4.78, 5) is 21.3. The molecule has 2 aromatic carbocycles. The Bertz CT molecular complexity index is 1600. The third kappa shape index (κ3) is 3.19. The van der Waals surface area contributed by atoms with Crippen molar-refractivity contribution in [1.82, 2.24) is 10.3 Å². The van der Waals surface area contributed by atoms with Crippen molar-refractivity contribution >= 4 is 44.5 Å². The first-order chi connectivity index (χ1) is 17.2. The predicted molar refractivity (Wildman–Crippen MR) is 143 cm³/mol. The number of thiophene rings is 2. The Labute approximate surface area is 210 Å². The van der Waals surface area contributed by atoms with E-state index in [1.807, 2.05) is 24.3 Å². The summed E-state index contributed by atoms with van der Waals surface area (Å²) in [6, 6.07) is 20.6. The van der Waals surface area contributed by atoms with Gasteiger partial charge in [0, 0.05) is 21.4 Å². The van der Waals surface area contributed by atoms with Gasteiger partial charge in [-0.3, -0.25) is 4.79 Å². The zero-order valence-electron chi connectivity index (χ0n) is 18.9. The van der Waals surface area contributed by atoms with Crippen molar-refractivity contribution in [3.8, 4) is 27.4 Å². The molecule has 3 aromatic heterocycles. The van der Waals surface area contributed by atoms with Gasteiger partial charge in [0.2, 0.25) is 0 Å². The molecule has 1 atom stereocenters. The molecule has 7 rings (SSSR count). The summed E-state index contributed by atoms with van der Waals surface area (Å²) < 4.78 is 5.30. The molecular formula is C28H21N3O2S2. The van der Waals surface area contributed by atoms with Crippen LogP contribution in [0.25, 0.3) is 31.9 Å². The van der Waals surface area contributed by atoms with Crippen LogP contribution in [-0.2, 0) is 12.8 Å².